The summed E-state index contributed by atoms with van der Waals surface area (Å²) in [5, 5.41) is 14.9. The molecule has 0 radical (unpaired) electrons. The summed E-state index contributed by atoms with van der Waals surface area (Å²) in [6, 6.07) is 5.00. The molecule has 0 bridgehead atoms. The lowest BCUT2D eigenvalue weighted by Gasteiger charge is -2.15. The minimum Gasteiger partial charge on any atom is -0.489 e. The maximum Gasteiger partial charge on any atom is 0.319 e. The standard InChI is InChI=1S/C17H25ClN2O3/c1-12(8-9-21)11-19-17(22)20-13-6-7-16(15(18)10-13)23-14-4-2-3-5-14/h6-7,10,12,14,21H,2-5,8-9,11H2,1H3,(H2,19,20,22). The van der Waals surface area contributed by atoms with Gasteiger partial charge < -0.3 is 20.5 Å². The first-order valence-electron chi connectivity index (χ1n) is 8.20. The van der Waals surface area contributed by atoms with Gasteiger partial charge in [-0.05, 0) is 56.2 Å². The van der Waals surface area contributed by atoms with Gasteiger partial charge in [-0.15, -0.1) is 0 Å². The van der Waals surface area contributed by atoms with Gasteiger partial charge in [0.2, 0.25) is 0 Å². The third-order valence-electron chi connectivity index (χ3n) is 4.02. The zero-order valence-corrected chi connectivity index (χ0v) is 14.2. The maximum atomic E-state index is 11.8. The van der Waals surface area contributed by atoms with Crippen LogP contribution in [0.5, 0.6) is 5.75 Å². The summed E-state index contributed by atoms with van der Waals surface area (Å²) >= 11 is 6.24. The molecule has 6 heteroatoms. The first kappa shape index (κ1) is 17.9. The van der Waals surface area contributed by atoms with Gasteiger partial charge in [-0.3, -0.25) is 0 Å². The molecule has 0 spiro atoms. The summed E-state index contributed by atoms with van der Waals surface area (Å²) in [7, 11) is 0. The molecule has 2 rings (SSSR count). The predicted molar refractivity (Wildman–Crippen MR) is 92.2 cm³/mol. The van der Waals surface area contributed by atoms with Gasteiger partial charge in [0.15, 0.2) is 0 Å². The summed E-state index contributed by atoms with van der Waals surface area (Å²) in [6.07, 6.45) is 5.48. The first-order chi connectivity index (χ1) is 11.1. The Kier molecular flexibility index (Phi) is 6.99. The number of halogens is 1. The van der Waals surface area contributed by atoms with E-state index in [9.17, 15) is 4.79 Å². The molecule has 0 aromatic heterocycles. The third kappa shape index (κ3) is 5.92. The van der Waals surface area contributed by atoms with Crippen molar-refractivity contribution in [2.75, 3.05) is 18.5 Å². The molecular formula is C17H25ClN2O3. The van der Waals surface area contributed by atoms with Crippen LogP contribution in [0.2, 0.25) is 5.02 Å². The fourth-order valence-corrected chi connectivity index (χ4v) is 2.85. The molecule has 5 nitrogen and oxygen atoms in total. The summed E-state index contributed by atoms with van der Waals surface area (Å²) in [5.41, 5.74) is 0.626. The Bertz CT molecular complexity index is 519. The summed E-state index contributed by atoms with van der Waals surface area (Å²) in [6.45, 7) is 2.62. The van der Waals surface area contributed by atoms with E-state index in [4.69, 9.17) is 21.4 Å². The molecule has 1 aromatic rings. The number of hydrogen-bond donors (Lipinski definition) is 3. The normalized spacial score (nSPS) is 16.1. The van der Waals surface area contributed by atoms with E-state index in [1.54, 1.807) is 18.2 Å². The van der Waals surface area contributed by atoms with Gasteiger partial charge >= 0.3 is 6.03 Å². The smallest absolute Gasteiger partial charge is 0.319 e. The molecular weight excluding hydrogens is 316 g/mol. The van der Waals surface area contributed by atoms with E-state index >= 15 is 0 Å². The molecule has 2 amide bonds. The van der Waals surface area contributed by atoms with E-state index in [1.807, 2.05) is 6.92 Å². The number of anilines is 1. The quantitative estimate of drug-likeness (QED) is 0.707. The Hall–Kier alpha value is -1.46. The Morgan fingerprint density at radius 2 is 2.17 bits per heavy atom. The van der Waals surface area contributed by atoms with Crippen LogP contribution in [-0.2, 0) is 0 Å². The average Bonchev–Trinajstić information content (AvgIpc) is 3.01. The van der Waals surface area contributed by atoms with E-state index in [2.05, 4.69) is 10.6 Å². The van der Waals surface area contributed by atoms with Gasteiger partial charge in [0.25, 0.3) is 0 Å². The molecule has 23 heavy (non-hydrogen) atoms. The number of aliphatic hydroxyl groups is 1. The third-order valence-corrected chi connectivity index (χ3v) is 4.31. The van der Waals surface area contributed by atoms with Crippen molar-refractivity contribution in [3.63, 3.8) is 0 Å². The molecule has 1 atom stereocenters. The molecule has 0 heterocycles. The van der Waals surface area contributed by atoms with Crippen molar-refractivity contribution < 1.29 is 14.6 Å². The van der Waals surface area contributed by atoms with Gasteiger partial charge in [0.1, 0.15) is 5.75 Å². The summed E-state index contributed by atoms with van der Waals surface area (Å²) in [5.74, 6) is 0.901. The van der Waals surface area contributed by atoms with Crippen LogP contribution >= 0.6 is 11.6 Å². The lowest BCUT2D eigenvalue weighted by atomic mass is 10.1. The van der Waals surface area contributed by atoms with Crippen molar-refractivity contribution in [1.29, 1.82) is 0 Å². The van der Waals surface area contributed by atoms with Crippen molar-refractivity contribution in [1.82, 2.24) is 5.32 Å². The monoisotopic (exact) mass is 340 g/mol. The molecule has 1 saturated carbocycles. The van der Waals surface area contributed by atoms with Crippen LogP contribution in [0.3, 0.4) is 0 Å². The highest BCUT2D eigenvalue weighted by atomic mass is 35.5. The van der Waals surface area contributed by atoms with Crippen LogP contribution in [0.1, 0.15) is 39.0 Å². The Morgan fingerprint density at radius 1 is 1.43 bits per heavy atom. The number of carbonyl (C=O) groups is 1. The molecule has 128 valence electrons. The molecule has 1 aliphatic carbocycles. The lowest BCUT2D eigenvalue weighted by Crippen LogP contribution is -2.32. The topological polar surface area (TPSA) is 70.6 Å². The highest BCUT2D eigenvalue weighted by molar-refractivity contribution is 6.32. The second-order valence-electron chi connectivity index (χ2n) is 6.12. The number of amides is 2. The van der Waals surface area contributed by atoms with Crippen molar-refractivity contribution in [3.05, 3.63) is 23.2 Å². The van der Waals surface area contributed by atoms with Crippen LogP contribution < -0.4 is 15.4 Å². The van der Waals surface area contributed by atoms with Crippen molar-refractivity contribution in [3.8, 4) is 5.75 Å². The van der Waals surface area contributed by atoms with Gasteiger partial charge in [0.05, 0.1) is 11.1 Å². The maximum absolute atomic E-state index is 11.8. The van der Waals surface area contributed by atoms with E-state index in [1.165, 1.54) is 12.8 Å². The zero-order valence-electron chi connectivity index (χ0n) is 13.5. The van der Waals surface area contributed by atoms with Crippen molar-refractivity contribution >= 4 is 23.3 Å². The number of ether oxygens (including phenoxy) is 1. The van der Waals surface area contributed by atoms with E-state index in [-0.39, 0.29) is 24.7 Å². The predicted octanol–water partition coefficient (Wildman–Crippen LogP) is 3.80. The summed E-state index contributed by atoms with van der Waals surface area (Å²) < 4.78 is 5.89. The minimum absolute atomic E-state index is 0.128. The Morgan fingerprint density at radius 3 is 2.83 bits per heavy atom. The average molecular weight is 341 g/mol. The largest absolute Gasteiger partial charge is 0.489 e. The van der Waals surface area contributed by atoms with Crippen molar-refractivity contribution in [2.24, 2.45) is 5.92 Å². The molecule has 1 fully saturated rings. The van der Waals surface area contributed by atoms with Crippen LogP contribution in [0.4, 0.5) is 10.5 Å². The Labute approximate surface area is 142 Å². The number of benzene rings is 1. The number of nitrogens with one attached hydrogen (secondary N) is 2. The molecule has 1 unspecified atom stereocenters. The van der Waals surface area contributed by atoms with E-state index in [0.717, 1.165) is 12.8 Å². The van der Waals surface area contributed by atoms with Crippen LogP contribution in [0.25, 0.3) is 0 Å². The van der Waals surface area contributed by atoms with Crippen LogP contribution in [0.15, 0.2) is 18.2 Å². The fourth-order valence-electron chi connectivity index (χ4n) is 2.62. The number of carbonyl (C=O) groups excluding carboxylic acids is 1. The first-order valence-corrected chi connectivity index (χ1v) is 8.58. The molecule has 0 aliphatic heterocycles. The number of rotatable bonds is 7. The van der Waals surface area contributed by atoms with E-state index in [0.29, 0.717) is 29.4 Å². The van der Waals surface area contributed by atoms with Crippen LogP contribution in [0, 0.1) is 5.92 Å². The zero-order chi connectivity index (χ0) is 16.7. The molecule has 0 saturated heterocycles. The van der Waals surface area contributed by atoms with Gasteiger partial charge in [-0.25, -0.2) is 4.79 Å². The second-order valence-corrected chi connectivity index (χ2v) is 6.53. The van der Waals surface area contributed by atoms with E-state index < -0.39 is 0 Å². The SMILES string of the molecule is CC(CCO)CNC(=O)Nc1ccc(OC2CCCC2)c(Cl)c1. The number of aliphatic hydroxyl groups excluding tert-OH is 1. The van der Waals surface area contributed by atoms with Gasteiger partial charge in [-0.1, -0.05) is 18.5 Å². The Balaban J connectivity index is 1.83. The highest BCUT2D eigenvalue weighted by Gasteiger charge is 2.18. The highest BCUT2D eigenvalue weighted by Crippen LogP contribution is 2.31. The van der Waals surface area contributed by atoms with Crippen molar-refractivity contribution in [2.45, 2.75) is 45.1 Å². The fraction of sp³-hybridized carbons (Fsp3) is 0.588. The van der Waals surface area contributed by atoms with Gasteiger partial charge in [-0.2, -0.15) is 0 Å². The molecule has 3 N–H and O–H groups in total. The number of urea groups is 1. The molecule has 1 aliphatic rings. The number of hydrogen-bond acceptors (Lipinski definition) is 3. The lowest BCUT2D eigenvalue weighted by molar-refractivity contribution is 0.210. The molecule has 1 aromatic carbocycles. The van der Waals surface area contributed by atoms with Gasteiger partial charge in [0, 0.05) is 18.8 Å². The summed E-state index contributed by atoms with van der Waals surface area (Å²) in [4.78, 5) is 11.8. The minimum atomic E-state index is -0.282. The van der Waals surface area contributed by atoms with Crippen LogP contribution in [-0.4, -0.2) is 30.4 Å². The second kappa shape index (κ2) is 8.99.